The molecule has 1 heterocycles. The molecule has 0 bridgehead atoms. The lowest BCUT2D eigenvalue weighted by Gasteiger charge is -2.07. The van der Waals surface area contributed by atoms with Crippen LogP contribution in [-0.4, -0.2) is 5.84 Å². The quantitative estimate of drug-likeness (QED) is 0.736. The first-order valence-corrected chi connectivity index (χ1v) is 5.42. The molecule has 0 radical (unpaired) electrons. The summed E-state index contributed by atoms with van der Waals surface area (Å²) in [6.45, 7) is 0. The van der Waals surface area contributed by atoms with Crippen molar-refractivity contribution in [2.75, 3.05) is 0 Å². The molecule has 0 saturated carbocycles. The number of halogens is 1. The van der Waals surface area contributed by atoms with E-state index in [4.69, 9.17) is 0 Å². The van der Waals surface area contributed by atoms with Gasteiger partial charge in [0.15, 0.2) is 5.69 Å². The van der Waals surface area contributed by atoms with Gasteiger partial charge in [-0.05, 0) is 12.1 Å². The third-order valence-electron chi connectivity index (χ3n) is 2.61. The molecule has 18 heavy (non-hydrogen) atoms. The van der Waals surface area contributed by atoms with Crippen LogP contribution in [0.2, 0.25) is 0 Å². The van der Waals surface area contributed by atoms with Gasteiger partial charge in [-0.1, -0.05) is 41.5 Å². The lowest BCUT2D eigenvalue weighted by molar-refractivity contribution is -0.739. The van der Waals surface area contributed by atoms with Gasteiger partial charge >= 0.3 is 0 Å². The Morgan fingerprint density at radius 2 is 1.39 bits per heavy atom. The average molecular weight is 303 g/mol. The normalized spacial score (nSPS) is 17.1. The summed E-state index contributed by atoms with van der Waals surface area (Å²) in [5.74, 6) is 0.830. The van der Waals surface area contributed by atoms with E-state index in [2.05, 4.69) is 15.5 Å². The number of nitrogens with zero attached hydrogens (tertiary/aromatic N) is 3. The maximum Gasteiger partial charge on any atom is 0.287 e. The summed E-state index contributed by atoms with van der Waals surface area (Å²) in [5.41, 5.74) is 2.08. The van der Waals surface area contributed by atoms with E-state index in [9.17, 15) is 0 Å². The first-order chi connectivity index (χ1) is 8.45. The number of amidine groups is 1. The smallest absolute Gasteiger partial charge is 0.287 e. The maximum atomic E-state index is 4.10. The molecule has 2 aromatic rings. The predicted molar refractivity (Wildman–Crippen MR) is 64.9 cm³/mol. The molecule has 5 heteroatoms. The molecule has 3 rings (SSSR count). The molecule has 4 nitrogen and oxygen atoms in total. The zero-order valence-corrected chi connectivity index (χ0v) is 11.1. The Labute approximate surface area is 115 Å². The van der Waals surface area contributed by atoms with E-state index in [1.165, 1.54) is 0 Å². The fraction of sp³-hybridized carbons (Fsp3) is 0. The van der Waals surface area contributed by atoms with E-state index < -0.39 is 0 Å². The topological polar surface area (TPSA) is 41.5 Å². The highest BCUT2D eigenvalue weighted by molar-refractivity contribution is 5.93. The van der Waals surface area contributed by atoms with Crippen LogP contribution in [0.1, 0.15) is 5.56 Å². The second-order valence-electron chi connectivity index (χ2n) is 3.72. The lowest BCUT2D eigenvalue weighted by Crippen LogP contribution is -3.04. The van der Waals surface area contributed by atoms with Crippen molar-refractivity contribution in [1.82, 2.24) is 0 Å². The van der Waals surface area contributed by atoms with E-state index in [0.717, 1.165) is 22.1 Å². The van der Waals surface area contributed by atoms with Crippen LogP contribution in [0.5, 0.6) is 0 Å². The molecule has 1 aliphatic heterocycles. The second-order valence-corrected chi connectivity index (χ2v) is 3.72. The Balaban J connectivity index is 0.00000120. The number of rotatable bonds is 2. The van der Waals surface area contributed by atoms with Crippen molar-refractivity contribution in [1.29, 1.82) is 0 Å². The van der Waals surface area contributed by atoms with Crippen molar-refractivity contribution in [3.63, 3.8) is 0 Å². The SMILES string of the molecule is [Br-].c1ccc(C2=NN=N[NH+]2c2ccccc2)cc1. The van der Waals surface area contributed by atoms with Crippen LogP contribution in [-0.2, 0) is 0 Å². The molecule has 0 fully saturated rings. The molecular weight excluding hydrogens is 292 g/mol. The zero-order valence-electron chi connectivity index (χ0n) is 9.49. The van der Waals surface area contributed by atoms with Crippen molar-refractivity contribution in [2.24, 2.45) is 15.5 Å². The van der Waals surface area contributed by atoms with Gasteiger partial charge in [-0.25, -0.2) is 0 Å². The van der Waals surface area contributed by atoms with Gasteiger partial charge in [-0.2, -0.15) is 0 Å². The summed E-state index contributed by atoms with van der Waals surface area (Å²) in [5, 5.41) is 12.8. The van der Waals surface area contributed by atoms with Crippen LogP contribution in [0.25, 0.3) is 0 Å². The first-order valence-electron chi connectivity index (χ1n) is 5.42. The summed E-state index contributed by atoms with van der Waals surface area (Å²) in [7, 11) is 0. The van der Waals surface area contributed by atoms with Crippen molar-refractivity contribution < 1.29 is 22.0 Å². The fourth-order valence-electron chi connectivity index (χ4n) is 1.79. The minimum absolute atomic E-state index is 0. The van der Waals surface area contributed by atoms with Gasteiger partial charge in [-0.15, -0.1) is 5.01 Å². The number of quaternary nitrogens is 1. The highest BCUT2D eigenvalue weighted by Gasteiger charge is 2.26. The molecule has 1 N–H and O–H groups in total. The lowest BCUT2D eigenvalue weighted by atomic mass is 10.2. The van der Waals surface area contributed by atoms with Crippen molar-refractivity contribution in [2.45, 2.75) is 0 Å². The molecule has 0 saturated heterocycles. The molecule has 1 unspecified atom stereocenters. The fourth-order valence-corrected chi connectivity index (χ4v) is 1.79. The van der Waals surface area contributed by atoms with Gasteiger partial charge in [0.25, 0.3) is 5.84 Å². The van der Waals surface area contributed by atoms with Gasteiger partial charge in [0.05, 0.1) is 10.8 Å². The van der Waals surface area contributed by atoms with Crippen molar-refractivity contribution in [3.8, 4) is 0 Å². The van der Waals surface area contributed by atoms with Crippen molar-refractivity contribution >= 4 is 11.5 Å². The monoisotopic (exact) mass is 302 g/mol. The molecular formula is C13H11BrN4. The van der Waals surface area contributed by atoms with E-state index >= 15 is 0 Å². The molecule has 1 aliphatic rings. The molecule has 90 valence electrons. The summed E-state index contributed by atoms with van der Waals surface area (Å²) in [6.07, 6.45) is 0. The van der Waals surface area contributed by atoms with Crippen LogP contribution in [0.3, 0.4) is 0 Å². The average Bonchev–Trinajstić information content (AvgIpc) is 2.90. The van der Waals surface area contributed by atoms with E-state index in [1.807, 2.05) is 60.7 Å². The highest BCUT2D eigenvalue weighted by Crippen LogP contribution is 2.06. The maximum absolute atomic E-state index is 4.10. The molecule has 2 aromatic carbocycles. The zero-order chi connectivity index (χ0) is 11.5. The Hall–Kier alpha value is -1.85. The summed E-state index contributed by atoms with van der Waals surface area (Å²) < 4.78 is 0. The van der Waals surface area contributed by atoms with Crippen LogP contribution >= 0.6 is 0 Å². The largest absolute Gasteiger partial charge is 1.00 e. The predicted octanol–water partition coefficient (Wildman–Crippen LogP) is -1.05. The third kappa shape index (κ3) is 2.37. The molecule has 0 aliphatic carbocycles. The standard InChI is InChI=1S/C13H10N4.BrH/c1-3-7-11(8-4-1)13-14-15-16-17(13)12-9-5-2-6-10-12;/h1-10H;1H. The van der Waals surface area contributed by atoms with Gasteiger partial charge in [-0.3, -0.25) is 0 Å². The van der Waals surface area contributed by atoms with Crippen LogP contribution in [0, 0.1) is 0 Å². The van der Waals surface area contributed by atoms with Crippen LogP contribution in [0.4, 0.5) is 5.69 Å². The molecule has 1 atom stereocenters. The van der Waals surface area contributed by atoms with Gasteiger partial charge in [0.2, 0.25) is 0 Å². The summed E-state index contributed by atoms with van der Waals surface area (Å²) in [4.78, 5) is 0. The Morgan fingerprint density at radius 3 is 2.06 bits per heavy atom. The minimum atomic E-state index is 0. The second kappa shape index (κ2) is 5.66. The van der Waals surface area contributed by atoms with Gasteiger partial charge in [0, 0.05) is 17.4 Å². The Kier molecular flexibility index (Phi) is 3.96. The minimum Gasteiger partial charge on any atom is -1.00 e. The molecule has 0 spiro atoms. The van der Waals surface area contributed by atoms with E-state index in [1.54, 1.807) is 0 Å². The van der Waals surface area contributed by atoms with Gasteiger partial charge < -0.3 is 17.0 Å². The third-order valence-corrected chi connectivity index (χ3v) is 2.61. The summed E-state index contributed by atoms with van der Waals surface area (Å²) >= 11 is 0. The Morgan fingerprint density at radius 1 is 0.778 bits per heavy atom. The van der Waals surface area contributed by atoms with E-state index in [0.29, 0.717) is 0 Å². The number of hydrogen-bond acceptors (Lipinski definition) is 3. The number of benzene rings is 2. The number of nitrogens with one attached hydrogen (secondary N) is 1. The highest BCUT2D eigenvalue weighted by atomic mass is 79.9. The number of hydrogen-bond donors (Lipinski definition) is 1. The van der Waals surface area contributed by atoms with Crippen LogP contribution < -0.4 is 22.0 Å². The van der Waals surface area contributed by atoms with Gasteiger partial charge in [0.1, 0.15) is 0 Å². The van der Waals surface area contributed by atoms with Crippen molar-refractivity contribution in [3.05, 3.63) is 66.2 Å². The Bertz CT molecular complexity index is 566. The van der Waals surface area contributed by atoms with Crippen LogP contribution in [0.15, 0.2) is 76.2 Å². The molecule has 0 aromatic heterocycles. The number of para-hydroxylation sites is 1. The first kappa shape index (κ1) is 12.6. The van der Waals surface area contributed by atoms with E-state index in [-0.39, 0.29) is 17.0 Å². The summed E-state index contributed by atoms with van der Waals surface area (Å²) in [6, 6.07) is 20.0. The molecule has 0 amide bonds.